The monoisotopic (exact) mass is 253 g/mol. The number of hydrogen-bond donors (Lipinski definition) is 0. The van der Waals surface area contributed by atoms with Gasteiger partial charge in [-0.05, 0) is 17.7 Å². The van der Waals surface area contributed by atoms with Crippen molar-refractivity contribution in [3.8, 4) is 6.07 Å². The Morgan fingerprint density at radius 1 is 1.35 bits per heavy atom. The van der Waals surface area contributed by atoms with Crippen LogP contribution in [-0.2, 0) is 25.1 Å². The molecular formula is C11H11NO4S. The Kier molecular flexibility index (Phi) is 4.24. The summed E-state index contributed by atoms with van der Waals surface area (Å²) >= 11 is 0. The molecule has 0 amide bonds. The minimum atomic E-state index is -3.52. The third-order valence-corrected chi connectivity index (χ3v) is 3.48. The van der Waals surface area contributed by atoms with Gasteiger partial charge in [-0.1, -0.05) is 12.1 Å². The zero-order chi connectivity index (χ0) is 12.9. The number of nitrogens with zero attached hydrogens (tertiary/aromatic N) is 1. The van der Waals surface area contributed by atoms with Gasteiger partial charge in [-0.2, -0.15) is 5.26 Å². The van der Waals surface area contributed by atoms with Crippen LogP contribution in [0.3, 0.4) is 0 Å². The van der Waals surface area contributed by atoms with E-state index in [9.17, 15) is 13.2 Å². The summed E-state index contributed by atoms with van der Waals surface area (Å²) in [6, 6.07) is 8.09. The predicted octanol–water partition coefficient (Wildman–Crippen LogP) is 0.646. The van der Waals surface area contributed by atoms with Crippen LogP contribution in [-0.4, -0.2) is 27.2 Å². The Balaban J connectivity index is 2.77. The molecule has 0 bridgehead atoms. The molecule has 0 saturated carbocycles. The molecule has 1 aromatic carbocycles. The van der Waals surface area contributed by atoms with Crippen LogP contribution >= 0.6 is 0 Å². The highest BCUT2D eigenvalue weighted by Crippen LogP contribution is 2.08. The van der Waals surface area contributed by atoms with E-state index >= 15 is 0 Å². The van der Waals surface area contributed by atoms with Crippen molar-refractivity contribution in [2.45, 2.75) is 5.75 Å². The molecule has 0 saturated heterocycles. The summed E-state index contributed by atoms with van der Waals surface area (Å²) in [7, 11) is -2.38. The van der Waals surface area contributed by atoms with Crippen LogP contribution in [0.25, 0.3) is 0 Å². The average Bonchev–Trinajstić information content (AvgIpc) is 2.28. The number of carbonyl (C=O) groups is 1. The lowest BCUT2D eigenvalue weighted by molar-refractivity contribution is -0.137. The lowest BCUT2D eigenvalue weighted by atomic mass is 10.2. The third kappa shape index (κ3) is 4.25. The second-order valence-electron chi connectivity index (χ2n) is 3.42. The van der Waals surface area contributed by atoms with E-state index in [-0.39, 0.29) is 5.75 Å². The maximum Gasteiger partial charge on any atom is 0.320 e. The molecule has 0 fully saturated rings. The van der Waals surface area contributed by atoms with Gasteiger partial charge in [-0.15, -0.1) is 0 Å². The van der Waals surface area contributed by atoms with Gasteiger partial charge in [-0.25, -0.2) is 8.42 Å². The predicted molar refractivity (Wildman–Crippen MR) is 60.7 cm³/mol. The zero-order valence-electron chi connectivity index (χ0n) is 9.21. The van der Waals surface area contributed by atoms with Gasteiger partial charge in [0.1, 0.15) is 5.75 Å². The van der Waals surface area contributed by atoms with Crippen LogP contribution in [0.4, 0.5) is 0 Å². The van der Waals surface area contributed by atoms with Crippen molar-refractivity contribution in [2.75, 3.05) is 12.9 Å². The number of carbonyl (C=O) groups excluding carboxylic acids is 1. The van der Waals surface area contributed by atoms with E-state index in [4.69, 9.17) is 5.26 Å². The zero-order valence-corrected chi connectivity index (χ0v) is 10.0. The molecule has 0 unspecified atom stereocenters. The first kappa shape index (κ1) is 13.2. The lowest BCUT2D eigenvalue weighted by Gasteiger charge is -2.03. The fourth-order valence-corrected chi connectivity index (χ4v) is 2.50. The van der Waals surface area contributed by atoms with Crippen molar-refractivity contribution < 1.29 is 17.9 Å². The molecule has 0 atom stereocenters. The Bertz CT molecular complexity index is 540. The van der Waals surface area contributed by atoms with Gasteiger partial charge in [0.05, 0.1) is 24.5 Å². The molecule has 0 radical (unpaired) electrons. The van der Waals surface area contributed by atoms with Gasteiger partial charge in [0.15, 0.2) is 9.84 Å². The first-order valence-electron chi connectivity index (χ1n) is 4.73. The van der Waals surface area contributed by atoms with Crippen LogP contribution in [0, 0.1) is 11.3 Å². The van der Waals surface area contributed by atoms with Crippen molar-refractivity contribution >= 4 is 15.8 Å². The summed E-state index contributed by atoms with van der Waals surface area (Å²) in [6.07, 6.45) is 0. The number of ether oxygens (including phenoxy) is 1. The lowest BCUT2D eigenvalue weighted by Crippen LogP contribution is -2.18. The number of benzene rings is 1. The summed E-state index contributed by atoms with van der Waals surface area (Å²) in [6.45, 7) is 0. The van der Waals surface area contributed by atoms with Gasteiger partial charge in [0.25, 0.3) is 0 Å². The minimum Gasteiger partial charge on any atom is -0.468 e. The van der Waals surface area contributed by atoms with Gasteiger partial charge < -0.3 is 4.74 Å². The molecule has 1 aromatic rings. The third-order valence-electron chi connectivity index (χ3n) is 2.04. The molecule has 0 aliphatic carbocycles. The number of hydrogen-bond acceptors (Lipinski definition) is 5. The second-order valence-corrected chi connectivity index (χ2v) is 5.48. The number of nitriles is 1. The summed E-state index contributed by atoms with van der Waals surface area (Å²) in [4.78, 5) is 10.9. The van der Waals surface area contributed by atoms with Gasteiger partial charge in [0, 0.05) is 0 Å². The normalized spacial score (nSPS) is 10.6. The van der Waals surface area contributed by atoms with Crippen molar-refractivity contribution in [3.05, 3.63) is 35.4 Å². The highest BCUT2D eigenvalue weighted by atomic mass is 32.2. The highest BCUT2D eigenvalue weighted by Gasteiger charge is 2.17. The summed E-state index contributed by atoms with van der Waals surface area (Å²) in [5.41, 5.74) is 0.993. The molecule has 0 heterocycles. The van der Waals surface area contributed by atoms with E-state index in [0.29, 0.717) is 11.1 Å². The molecule has 90 valence electrons. The molecule has 0 spiro atoms. The molecule has 0 aromatic heterocycles. The molecule has 0 N–H and O–H groups in total. The van der Waals surface area contributed by atoms with Crippen LogP contribution < -0.4 is 0 Å². The van der Waals surface area contributed by atoms with E-state index in [1.165, 1.54) is 12.1 Å². The smallest absolute Gasteiger partial charge is 0.320 e. The van der Waals surface area contributed by atoms with E-state index < -0.39 is 21.6 Å². The maximum atomic E-state index is 11.6. The Hall–Kier alpha value is -1.87. The van der Waals surface area contributed by atoms with E-state index in [1.807, 2.05) is 6.07 Å². The summed E-state index contributed by atoms with van der Waals surface area (Å²) < 4.78 is 27.4. The van der Waals surface area contributed by atoms with Crippen LogP contribution in [0.15, 0.2) is 24.3 Å². The quantitative estimate of drug-likeness (QED) is 0.735. The standard InChI is InChI=1S/C11H11NO4S/c1-16-11(13)8-17(14,15)7-10-4-2-9(6-12)3-5-10/h2-5H,7-8H2,1H3. The van der Waals surface area contributed by atoms with E-state index in [1.54, 1.807) is 12.1 Å². The van der Waals surface area contributed by atoms with Crippen molar-refractivity contribution in [3.63, 3.8) is 0 Å². The molecule has 0 aliphatic heterocycles. The number of rotatable bonds is 4. The van der Waals surface area contributed by atoms with Crippen LogP contribution in [0.2, 0.25) is 0 Å². The molecule has 1 rings (SSSR count). The molecule has 0 aliphatic rings. The molecule has 6 heteroatoms. The van der Waals surface area contributed by atoms with Crippen LogP contribution in [0.5, 0.6) is 0 Å². The summed E-state index contributed by atoms with van der Waals surface area (Å²) in [5.74, 6) is -1.66. The van der Waals surface area contributed by atoms with E-state index in [0.717, 1.165) is 7.11 Å². The number of methoxy groups -OCH3 is 1. The number of esters is 1. The van der Waals surface area contributed by atoms with Crippen molar-refractivity contribution in [1.82, 2.24) is 0 Å². The first-order chi connectivity index (χ1) is 7.96. The van der Waals surface area contributed by atoms with E-state index in [2.05, 4.69) is 4.74 Å². The largest absolute Gasteiger partial charge is 0.468 e. The van der Waals surface area contributed by atoms with Gasteiger partial charge in [0.2, 0.25) is 0 Å². The topological polar surface area (TPSA) is 84.2 Å². The van der Waals surface area contributed by atoms with Crippen molar-refractivity contribution in [1.29, 1.82) is 5.26 Å². The molecule has 17 heavy (non-hydrogen) atoms. The summed E-state index contributed by atoms with van der Waals surface area (Å²) in [5, 5.41) is 8.58. The average molecular weight is 253 g/mol. The maximum absolute atomic E-state index is 11.6. The minimum absolute atomic E-state index is 0.242. The van der Waals surface area contributed by atoms with Crippen LogP contribution in [0.1, 0.15) is 11.1 Å². The number of sulfone groups is 1. The fourth-order valence-electron chi connectivity index (χ4n) is 1.22. The van der Waals surface area contributed by atoms with Gasteiger partial charge in [-0.3, -0.25) is 4.79 Å². The van der Waals surface area contributed by atoms with Crippen molar-refractivity contribution in [2.24, 2.45) is 0 Å². The SMILES string of the molecule is COC(=O)CS(=O)(=O)Cc1ccc(C#N)cc1. The second kappa shape index (κ2) is 5.46. The molecule has 5 nitrogen and oxygen atoms in total. The Labute approximate surface area is 99.5 Å². The Morgan fingerprint density at radius 2 is 1.94 bits per heavy atom. The fraction of sp³-hybridized carbons (Fsp3) is 0.273. The Morgan fingerprint density at radius 3 is 2.41 bits per heavy atom. The van der Waals surface area contributed by atoms with Gasteiger partial charge >= 0.3 is 5.97 Å². The molecular weight excluding hydrogens is 242 g/mol. The highest BCUT2D eigenvalue weighted by molar-refractivity contribution is 7.91. The first-order valence-corrected chi connectivity index (χ1v) is 6.55.